The van der Waals surface area contributed by atoms with Crippen LogP contribution in [0.2, 0.25) is 0 Å². The van der Waals surface area contributed by atoms with E-state index >= 15 is 0 Å². The number of aromatic nitrogens is 1. The molecule has 0 spiro atoms. The van der Waals surface area contributed by atoms with E-state index in [9.17, 15) is 9.59 Å². The summed E-state index contributed by atoms with van der Waals surface area (Å²) in [4.78, 5) is 29.4. The van der Waals surface area contributed by atoms with Crippen LogP contribution in [0.25, 0.3) is 10.9 Å². The average molecular weight is 456 g/mol. The molecule has 1 aromatic heterocycles. The highest BCUT2D eigenvalue weighted by molar-refractivity contribution is 6.06. The molecule has 3 heterocycles. The lowest BCUT2D eigenvalue weighted by Crippen LogP contribution is -2.65. The fourth-order valence-corrected chi connectivity index (χ4v) is 5.64. The first-order valence-corrected chi connectivity index (χ1v) is 11.9. The van der Waals surface area contributed by atoms with Gasteiger partial charge < -0.3 is 29.0 Å². The molecule has 1 saturated heterocycles. The summed E-state index contributed by atoms with van der Waals surface area (Å²) in [5, 5.41) is 4.05. The zero-order valence-electron chi connectivity index (χ0n) is 19.7. The molecule has 2 amide bonds. The number of methoxy groups -OCH3 is 2. The lowest BCUT2D eigenvalue weighted by atomic mass is 9.93. The Labute approximate surface area is 194 Å². The molecule has 1 N–H and O–H groups in total. The van der Waals surface area contributed by atoms with Crippen molar-refractivity contribution in [2.45, 2.75) is 69.7 Å². The molecule has 0 bridgehead atoms. The minimum Gasteiger partial charge on any atom is -0.496 e. The molecule has 33 heavy (non-hydrogen) atoms. The highest BCUT2D eigenvalue weighted by atomic mass is 16.5. The Bertz CT molecular complexity index is 1070. The van der Waals surface area contributed by atoms with E-state index in [1.54, 1.807) is 19.1 Å². The van der Waals surface area contributed by atoms with E-state index in [-0.39, 0.29) is 24.0 Å². The van der Waals surface area contributed by atoms with E-state index in [1.165, 1.54) is 0 Å². The molecule has 1 aromatic carbocycles. The summed E-state index contributed by atoms with van der Waals surface area (Å²) in [5.74, 6) is 1.05. The van der Waals surface area contributed by atoms with Gasteiger partial charge in [0.25, 0.3) is 5.91 Å². The number of carbonyl (C=O) groups excluding carboxylic acids is 2. The Hall–Kier alpha value is -2.74. The van der Waals surface area contributed by atoms with Crippen LogP contribution in [0, 0.1) is 0 Å². The van der Waals surface area contributed by atoms with E-state index in [0.717, 1.165) is 49.4 Å². The molecule has 0 radical (unpaired) electrons. The zero-order chi connectivity index (χ0) is 23.2. The van der Waals surface area contributed by atoms with Crippen molar-refractivity contribution < 1.29 is 23.8 Å². The Kier molecular flexibility index (Phi) is 5.72. The van der Waals surface area contributed by atoms with Crippen LogP contribution in [-0.4, -0.2) is 66.3 Å². The van der Waals surface area contributed by atoms with Gasteiger partial charge in [-0.05, 0) is 50.8 Å². The molecule has 8 nitrogen and oxygen atoms in total. The number of benzene rings is 1. The standard InChI is InChI=1S/C25H33N3O5/c1-25(24(30)26-16-7-4-5-8-16)15-27-19(23(29)28(25)14-17-9-6-12-33-17)13-18-20(31-2)10-11-21(32-3)22(18)27/h10-11,13,16-17H,4-9,12,14-15H2,1-3H3,(H,26,30)/t17-,25-/m0/s1. The zero-order valence-corrected chi connectivity index (χ0v) is 19.7. The minimum absolute atomic E-state index is 0.0486. The number of hydrogen-bond donors (Lipinski definition) is 1. The predicted molar refractivity (Wildman–Crippen MR) is 124 cm³/mol. The highest BCUT2D eigenvalue weighted by Crippen LogP contribution is 2.40. The summed E-state index contributed by atoms with van der Waals surface area (Å²) in [7, 11) is 3.23. The lowest BCUT2D eigenvalue weighted by molar-refractivity contribution is -0.134. The second kappa shape index (κ2) is 8.56. The van der Waals surface area contributed by atoms with Crippen molar-refractivity contribution in [2.24, 2.45) is 0 Å². The van der Waals surface area contributed by atoms with Gasteiger partial charge in [-0.25, -0.2) is 0 Å². The van der Waals surface area contributed by atoms with Crippen LogP contribution in [0.1, 0.15) is 55.9 Å². The van der Waals surface area contributed by atoms with Crippen LogP contribution < -0.4 is 14.8 Å². The molecule has 1 saturated carbocycles. The Morgan fingerprint density at radius 2 is 1.88 bits per heavy atom. The van der Waals surface area contributed by atoms with Gasteiger partial charge in [0.1, 0.15) is 22.7 Å². The molecule has 3 aliphatic rings. The molecule has 2 atom stereocenters. The van der Waals surface area contributed by atoms with Crippen molar-refractivity contribution in [3.63, 3.8) is 0 Å². The van der Waals surface area contributed by atoms with E-state index in [1.807, 2.05) is 29.7 Å². The summed E-state index contributed by atoms with van der Waals surface area (Å²) >= 11 is 0. The van der Waals surface area contributed by atoms with Gasteiger partial charge in [-0.3, -0.25) is 9.59 Å². The van der Waals surface area contributed by atoms with Gasteiger partial charge in [0.15, 0.2) is 0 Å². The Morgan fingerprint density at radius 1 is 1.15 bits per heavy atom. The van der Waals surface area contributed by atoms with Crippen LogP contribution in [0.3, 0.4) is 0 Å². The third-order valence-electron chi connectivity index (χ3n) is 7.54. The summed E-state index contributed by atoms with van der Waals surface area (Å²) in [6.07, 6.45) is 6.07. The summed E-state index contributed by atoms with van der Waals surface area (Å²) in [5.41, 5.74) is 0.271. The number of carbonyl (C=O) groups is 2. The largest absolute Gasteiger partial charge is 0.496 e. The van der Waals surface area contributed by atoms with Gasteiger partial charge >= 0.3 is 0 Å². The molecule has 2 aromatic rings. The number of rotatable bonds is 6. The Balaban J connectivity index is 1.60. The lowest BCUT2D eigenvalue weighted by Gasteiger charge is -2.45. The fourth-order valence-electron chi connectivity index (χ4n) is 5.64. The molecular weight excluding hydrogens is 422 g/mol. The van der Waals surface area contributed by atoms with Crippen molar-refractivity contribution in [1.82, 2.24) is 14.8 Å². The molecule has 2 aliphatic heterocycles. The first-order valence-electron chi connectivity index (χ1n) is 11.9. The second-order valence-electron chi connectivity index (χ2n) is 9.63. The Morgan fingerprint density at radius 3 is 2.55 bits per heavy atom. The number of amides is 2. The SMILES string of the molecule is COc1ccc(OC)c2c1cc1n2C[C@@](C)(C(=O)NC2CCCC2)N(C[C@@H]2CCCO2)C1=O. The smallest absolute Gasteiger partial charge is 0.271 e. The van der Waals surface area contributed by atoms with Crippen molar-refractivity contribution in [3.05, 3.63) is 23.9 Å². The van der Waals surface area contributed by atoms with Gasteiger partial charge in [0.05, 0.1) is 32.4 Å². The molecule has 178 valence electrons. The maximum Gasteiger partial charge on any atom is 0.271 e. The number of nitrogens with zero attached hydrogens (tertiary/aromatic N) is 2. The van der Waals surface area contributed by atoms with Gasteiger partial charge in [-0.1, -0.05) is 12.8 Å². The fraction of sp³-hybridized carbons (Fsp3) is 0.600. The number of fused-ring (bicyclic) bond motifs is 3. The van der Waals surface area contributed by atoms with Crippen molar-refractivity contribution in [3.8, 4) is 11.5 Å². The van der Waals surface area contributed by atoms with Gasteiger partial charge in [-0.15, -0.1) is 0 Å². The van der Waals surface area contributed by atoms with E-state index in [2.05, 4.69) is 5.32 Å². The van der Waals surface area contributed by atoms with Crippen LogP contribution in [-0.2, 0) is 16.1 Å². The van der Waals surface area contributed by atoms with Crippen LogP contribution in [0.15, 0.2) is 18.2 Å². The molecule has 5 rings (SSSR count). The number of nitrogens with one attached hydrogen (secondary N) is 1. The first kappa shape index (κ1) is 22.1. The summed E-state index contributed by atoms with van der Waals surface area (Å²) in [6, 6.07) is 5.71. The van der Waals surface area contributed by atoms with E-state index < -0.39 is 5.54 Å². The maximum atomic E-state index is 13.9. The normalized spacial score (nSPS) is 25.5. The third kappa shape index (κ3) is 3.64. The number of hydrogen-bond acceptors (Lipinski definition) is 5. The van der Waals surface area contributed by atoms with Crippen molar-refractivity contribution in [1.29, 1.82) is 0 Å². The second-order valence-corrected chi connectivity index (χ2v) is 9.63. The van der Waals surface area contributed by atoms with Crippen molar-refractivity contribution >= 4 is 22.7 Å². The van der Waals surface area contributed by atoms with E-state index in [0.29, 0.717) is 36.9 Å². The topological polar surface area (TPSA) is 82.0 Å². The average Bonchev–Trinajstić information content (AvgIpc) is 3.58. The molecule has 2 fully saturated rings. The third-order valence-corrected chi connectivity index (χ3v) is 7.54. The van der Waals surface area contributed by atoms with Crippen LogP contribution in [0.4, 0.5) is 0 Å². The maximum absolute atomic E-state index is 13.9. The molecule has 0 unspecified atom stereocenters. The first-order chi connectivity index (χ1) is 16.0. The minimum atomic E-state index is -1.04. The van der Waals surface area contributed by atoms with Gasteiger partial charge in [0, 0.05) is 24.6 Å². The predicted octanol–water partition coefficient (Wildman–Crippen LogP) is 3.11. The monoisotopic (exact) mass is 455 g/mol. The molecular formula is C25H33N3O5. The van der Waals surface area contributed by atoms with Crippen molar-refractivity contribution in [2.75, 3.05) is 27.4 Å². The van der Waals surface area contributed by atoms with E-state index in [4.69, 9.17) is 14.2 Å². The molecule has 8 heteroatoms. The highest BCUT2D eigenvalue weighted by Gasteiger charge is 2.49. The van der Waals surface area contributed by atoms with Crippen LogP contribution >= 0.6 is 0 Å². The quantitative estimate of drug-likeness (QED) is 0.724. The summed E-state index contributed by atoms with van der Waals surface area (Å²) in [6.45, 7) is 3.33. The summed E-state index contributed by atoms with van der Waals surface area (Å²) < 4.78 is 19.0. The molecule has 1 aliphatic carbocycles. The van der Waals surface area contributed by atoms with Gasteiger partial charge in [-0.2, -0.15) is 0 Å². The van der Waals surface area contributed by atoms with Crippen LogP contribution in [0.5, 0.6) is 11.5 Å². The van der Waals surface area contributed by atoms with Gasteiger partial charge in [0.2, 0.25) is 5.91 Å². The number of ether oxygens (including phenoxy) is 3.